The summed E-state index contributed by atoms with van der Waals surface area (Å²) < 4.78 is 0. The smallest absolute Gasteiger partial charge is 0.136 e. The van der Waals surface area contributed by atoms with Gasteiger partial charge in [0.1, 0.15) is 11.9 Å². The second-order valence-electron chi connectivity index (χ2n) is 3.23. The minimum absolute atomic E-state index is 0.275. The van der Waals surface area contributed by atoms with Crippen molar-refractivity contribution < 1.29 is 0 Å². The van der Waals surface area contributed by atoms with Crippen LogP contribution in [-0.4, -0.2) is 23.9 Å². The molecular formula is C9H10N4. The van der Waals surface area contributed by atoms with E-state index in [9.17, 15) is 0 Å². The Hall–Kier alpha value is -1.42. The van der Waals surface area contributed by atoms with Gasteiger partial charge >= 0.3 is 0 Å². The summed E-state index contributed by atoms with van der Waals surface area (Å²) in [5.74, 6) is 0. The molecule has 1 N–H and O–H groups in total. The van der Waals surface area contributed by atoms with Crippen LogP contribution in [0.15, 0.2) is 23.3 Å². The van der Waals surface area contributed by atoms with Gasteiger partial charge in [0.05, 0.1) is 11.9 Å². The van der Waals surface area contributed by atoms with Crippen LogP contribution in [0.5, 0.6) is 0 Å². The molecule has 1 aromatic rings. The van der Waals surface area contributed by atoms with Gasteiger partial charge in [-0.3, -0.25) is 15.0 Å². The normalized spacial score (nSPS) is 24.3. The van der Waals surface area contributed by atoms with E-state index in [1.807, 2.05) is 12.3 Å². The van der Waals surface area contributed by atoms with Crippen molar-refractivity contribution in [2.24, 2.45) is 4.99 Å². The maximum absolute atomic E-state index is 4.41. The number of fused-ring (bicyclic) bond motifs is 3. The average molecular weight is 174 g/mol. The van der Waals surface area contributed by atoms with E-state index < -0.39 is 0 Å². The molecule has 1 atom stereocenters. The van der Waals surface area contributed by atoms with E-state index in [2.05, 4.69) is 26.5 Å². The quantitative estimate of drug-likeness (QED) is 0.624. The van der Waals surface area contributed by atoms with E-state index in [1.54, 1.807) is 6.20 Å². The lowest BCUT2D eigenvalue weighted by atomic mass is 10.2. The Kier molecular flexibility index (Phi) is 1.37. The fraction of sp³-hybridized carbons (Fsp3) is 0.333. The van der Waals surface area contributed by atoms with Crippen LogP contribution in [0.1, 0.15) is 12.1 Å². The highest BCUT2D eigenvalue weighted by molar-refractivity contribution is 5.87. The lowest BCUT2D eigenvalue weighted by Crippen LogP contribution is -2.39. The number of aliphatic imine (C=N–C) groups is 1. The third-order valence-electron chi connectivity index (χ3n) is 2.43. The van der Waals surface area contributed by atoms with Gasteiger partial charge < -0.3 is 0 Å². The summed E-state index contributed by atoms with van der Waals surface area (Å²) in [6.07, 6.45) is 5.01. The van der Waals surface area contributed by atoms with Crippen molar-refractivity contribution in [3.63, 3.8) is 0 Å². The summed E-state index contributed by atoms with van der Waals surface area (Å²) in [5.41, 5.74) is 5.39. The van der Waals surface area contributed by atoms with Gasteiger partial charge in [0, 0.05) is 19.2 Å². The van der Waals surface area contributed by atoms with Crippen molar-refractivity contribution in [2.75, 3.05) is 11.6 Å². The summed E-state index contributed by atoms with van der Waals surface area (Å²) in [4.78, 5) is 8.66. The zero-order chi connectivity index (χ0) is 8.67. The minimum Gasteiger partial charge on any atom is -0.282 e. The molecule has 13 heavy (non-hydrogen) atoms. The first kappa shape index (κ1) is 7.03. The van der Waals surface area contributed by atoms with Crippen LogP contribution in [0.4, 0.5) is 5.69 Å². The zero-order valence-electron chi connectivity index (χ0n) is 7.14. The first-order valence-electron chi connectivity index (χ1n) is 4.46. The highest BCUT2D eigenvalue weighted by Crippen LogP contribution is 2.25. The Morgan fingerprint density at radius 3 is 3.54 bits per heavy atom. The Bertz CT molecular complexity index is 360. The molecule has 0 aromatic carbocycles. The van der Waals surface area contributed by atoms with Crippen molar-refractivity contribution >= 4 is 11.9 Å². The monoisotopic (exact) mass is 174 g/mol. The predicted octanol–water partition coefficient (Wildman–Crippen LogP) is 0.555. The zero-order valence-corrected chi connectivity index (χ0v) is 7.14. The summed E-state index contributed by atoms with van der Waals surface area (Å²) in [5, 5.41) is 2.10. The molecule has 0 aliphatic carbocycles. The van der Waals surface area contributed by atoms with Gasteiger partial charge in [-0.05, 0) is 12.1 Å². The van der Waals surface area contributed by atoms with Crippen LogP contribution < -0.4 is 10.4 Å². The van der Waals surface area contributed by atoms with E-state index in [4.69, 9.17) is 0 Å². The SMILES string of the molecule is C1=NC2CCNN2c2cccnc21. The molecule has 2 aliphatic rings. The predicted molar refractivity (Wildman–Crippen MR) is 50.7 cm³/mol. The first-order valence-corrected chi connectivity index (χ1v) is 4.46. The Morgan fingerprint density at radius 2 is 2.54 bits per heavy atom. The van der Waals surface area contributed by atoms with Gasteiger partial charge in [0.25, 0.3) is 0 Å². The first-order chi connectivity index (χ1) is 6.45. The fourth-order valence-electron chi connectivity index (χ4n) is 1.80. The molecule has 1 unspecified atom stereocenters. The molecule has 4 nitrogen and oxygen atoms in total. The van der Waals surface area contributed by atoms with Crippen LogP contribution in [0.3, 0.4) is 0 Å². The van der Waals surface area contributed by atoms with E-state index in [0.29, 0.717) is 0 Å². The molecule has 0 radical (unpaired) electrons. The number of hydrogen-bond acceptors (Lipinski definition) is 4. The van der Waals surface area contributed by atoms with Crippen LogP contribution in [-0.2, 0) is 0 Å². The molecule has 66 valence electrons. The van der Waals surface area contributed by atoms with Gasteiger partial charge in [-0.1, -0.05) is 0 Å². The van der Waals surface area contributed by atoms with E-state index >= 15 is 0 Å². The number of pyridine rings is 1. The molecule has 1 fully saturated rings. The van der Waals surface area contributed by atoms with Crippen molar-refractivity contribution in [3.05, 3.63) is 24.0 Å². The molecule has 0 spiro atoms. The van der Waals surface area contributed by atoms with E-state index in [1.165, 1.54) is 0 Å². The van der Waals surface area contributed by atoms with Crippen molar-refractivity contribution in [2.45, 2.75) is 12.6 Å². The Morgan fingerprint density at radius 1 is 1.54 bits per heavy atom. The second-order valence-corrected chi connectivity index (χ2v) is 3.23. The Balaban J connectivity index is 2.13. The maximum Gasteiger partial charge on any atom is 0.136 e. The van der Waals surface area contributed by atoms with Crippen LogP contribution >= 0.6 is 0 Å². The molecule has 1 aromatic heterocycles. The summed E-state index contributed by atoms with van der Waals surface area (Å²) in [6, 6.07) is 4.02. The maximum atomic E-state index is 4.41. The number of nitrogens with one attached hydrogen (secondary N) is 1. The van der Waals surface area contributed by atoms with Gasteiger partial charge in [-0.2, -0.15) is 0 Å². The van der Waals surface area contributed by atoms with Gasteiger partial charge in [0.15, 0.2) is 0 Å². The highest BCUT2D eigenvalue weighted by atomic mass is 15.6. The van der Waals surface area contributed by atoms with Crippen LogP contribution in [0.2, 0.25) is 0 Å². The summed E-state index contributed by atoms with van der Waals surface area (Å²) in [7, 11) is 0. The summed E-state index contributed by atoms with van der Waals surface area (Å²) in [6.45, 7) is 0.996. The third kappa shape index (κ3) is 0.954. The topological polar surface area (TPSA) is 40.5 Å². The molecule has 2 aliphatic heterocycles. The largest absolute Gasteiger partial charge is 0.282 e. The number of hydrogen-bond donors (Lipinski definition) is 1. The fourth-order valence-corrected chi connectivity index (χ4v) is 1.80. The number of nitrogens with zero attached hydrogens (tertiary/aromatic N) is 3. The number of rotatable bonds is 0. The van der Waals surface area contributed by atoms with Gasteiger partial charge in [-0.25, -0.2) is 5.43 Å². The standard InChI is InChI=1S/C9H10N4/c1-2-8-7(10-4-1)6-11-9-3-5-12-13(8)9/h1-2,4,6,9,12H,3,5H2. The molecule has 0 amide bonds. The number of hydrazine groups is 1. The Labute approximate surface area is 76.3 Å². The second kappa shape index (κ2) is 2.53. The molecule has 4 heteroatoms. The van der Waals surface area contributed by atoms with Crippen molar-refractivity contribution in [1.29, 1.82) is 0 Å². The van der Waals surface area contributed by atoms with Crippen molar-refractivity contribution in [3.8, 4) is 0 Å². The molecule has 3 heterocycles. The van der Waals surface area contributed by atoms with Gasteiger partial charge in [0.2, 0.25) is 0 Å². The summed E-state index contributed by atoms with van der Waals surface area (Å²) >= 11 is 0. The van der Waals surface area contributed by atoms with Crippen LogP contribution in [0, 0.1) is 0 Å². The van der Waals surface area contributed by atoms with Gasteiger partial charge in [-0.15, -0.1) is 0 Å². The average Bonchev–Trinajstić information content (AvgIpc) is 2.65. The highest BCUT2D eigenvalue weighted by Gasteiger charge is 2.28. The molecule has 0 saturated carbocycles. The van der Waals surface area contributed by atoms with E-state index in [0.717, 1.165) is 24.3 Å². The lowest BCUT2D eigenvalue weighted by molar-refractivity contribution is 0.665. The third-order valence-corrected chi connectivity index (χ3v) is 2.43. The number of anilines is 1. The minimum atomic E-state index is 0.275. The van der Waals surface area contributed by atoms with Crippen LogP contribution in [0.25, 0.3) is 0 Å². The van der Waals surface area contributed by atoms with Crippen molar-refractivity contribution in [1.82, 2.24) is 10.4 Å². The van der Waals surface area contributed by atoms with E-state index in [-0.39, 0.29) is 6.17 Å². The lowest BCUT2D eigenvalue weighted by Gasteiger charge is -2.27. The molecule has 0 bridgehead atoms. The molecule has 1 saturated heterocycles. The molecule has 3 rings (SSSR count). The molecular weight excluding hydrogens is 164 g/mol. The number of aromatic nitrogens is 1.